The fourth-order valence-electron chi connectivity index (χ4n) is 2.78. The molecule has 3 N–H and O–H groups in total. The Balaban J connectivity index is 2.19. The van der Waals surface area contributed by atoms with Gasteiger partial charge in [-0.05, 0) is 40.2 Å². The minimum Gasteiger partial charge on any atom is -0.329 e. The second kappa shape index (κ2) is 7.63. The highest BCUT2D eigenvalue weighted by Gasteiger charge is 2.19. The van der Waals surface area contributed by atoms with E-state index in [1.165, 1.54) is 4.57 Å². The lowest BCUT2D eigenvalue weighted by molar-refractivity contribution is -0.306. The molecule has 0 saturated heterocycles. The van der Waals surface area contributed by atoms with E-state index >= 15 is 0 Å². The van der Waals surface area contributed by atoms with Crippen LogP contribution in [0.15, 0.2) is 44.8 Å². The average Bonchev–Trinajstić information content (AvgIpc) is 2.94. The van der Waals surface area contributed by atoms with Crippen molar-refractivity contribution >= 4 is 50.3 Å². The number of imidazole rings is 1. The zero-order valence-electron chi connectivity index (χ0n) is 14.5. The van der Waals surface area contributed by atoms with Gasteiger partial charge in [-0.1, -0.05) is 29.3 Å². The molecule has 0 spiro atoms. The van der Waals surface area contributed by atoms with Crippen molar-refractivity contribution in [1.82, 2.24) is 18.7 Å². The van der Waals surface area contributed by atoms with Crippen LogP contribution in [0.2, 0.25) is 10.0 Å². The molecule has 0 aliphatic heterocycles. The molecule has 0 fully saturated rings. The van der Waals surface area contributed by atoms with E-state index in [9.17, 15) is 9.59 Å². The van der Waals surface area contributed by atoms with E-state index in [-0.39, 0.29) is 6.54 Å². The predicted molar refractivity (Wildman–Crippen MR) is 109 cm³/mol. The largest absolute Gasteiger partial charge is 0.332 e. The van der Waals surface area contributed by atoms with Crippen molar-refractivity contribution in [2.75, 3.05) is 0 Å². The van der Waals surface area contributed by atoms with E-state index in [2.05, 4.69) is 33.2 Å². The number of benzene rings is 1. The molecule has 0 bridgehead atoms. The number of aryl methyl sites for hydroxylation is 2. The molecule has 1 aromatic carbocycles. The molecule has 0 saturated carbocycles. The van der Waals surface area contributed by atoms with Gasteiger partial charge in [0.2, 0.25) is 0 Å². The third-order valence-corrected chi connectivity index (χ3v) is 5.54. The Labute approximate surface area is 172 Å². The molecule has 0 aliphatic carbocycles. The predicted octanol–water partition coefficient (Wildman–Crippen LogP) is 2.16. The summed E-state index contributed by atoms with van der Waals surface area (Å²) in [7, 11) is 1.58. The lowest BCUT2D eigenvalue weighted by Gasteiger charge is -2.10. The number of fused-ring (bicyclic) bond motifs is 1. The van der Waals surface area contributed by atoms with Gasteiger partial charge in [0.25, 0.3) is 5.56 Å². The van der Waals surface area contributed by atoms with E-state index in [0.29, 0.717) is 44.5 Å². The van der Waals surface area contributed by atoms with Gasteiger partial charge in [0, 0.05) is 20.0 Å². The highest BCUT2D eigenvalue weighted by Crippen LogP contribution is 2.23. The van der Waals surface area contributed by atoms with E-state index in [4.69, 9.17) is 23.2 Å². The molecule has 0 atom stereocenters. The quantitative estimate of drug-likeness (QED) is 0.575. The summed E-state index contributed by atoms with van der Waals surface area (Å²) in [6.45, 7) is 4.33. The van der Waals surface area contributed by atoms with Crippen molar-refractivity contribution in [3.63, 3.8) is 0 Å². The Morgan fingerprint density at radius 3 is 2.59 bits per heavy atom. The summed E-state index contributed by atoms with van der Waals surface area (Å²) >= 11 is 15.4. The van der Waals surface area contributed by atoms with Crippen molar-refractivity contribution < 1.29 is 5.73 Å². The molecule has 0 unspecified atom stereocenters. The summed E-state index contributed by atoms with van der Waals surface area (Å²) in [6, 6.07) is 5.00. The Hall–Kier alpha value is -1.87. The van der Waals surface area contributed by atoms with Crippen molar-refractivity contribution in [3.8, 4) is 0 Å². The molecular formula is C17H17BrCl2N5O2+. The van der Waals surface area contributed by atoms with Crippen LogP contribution in [0.4, 0.5) is 0 Å². The van der Waals surface area contributed by atoms with Crippen LogP contribution in [0.5, 0.6) is 0 Å². The number of rotatable bonds is 5. The molecule has 3 aromatic rings. The first-order valence-corrected chi connectivity index (χ1v) is 9.54. The Bertz CT molecular complexity index is 1180. The number of hydrogen-bond donors (Lipinski definition) is 1. The second-order valence-corrected chi connectivity index (χ2v) is 7.71. The highest BCUT2D eigenvalue weighted by molar-refractivity contribution is 9.10. The van der Waals surface area contributed by atoms with Crippen molar-refractivity contribution in [1.29, 1.82) is 0 Å². The molecule has 10 heteroatoms. The maximum Gasteiger partial charge on any atom is 0.332 e. The van der Waals surface area contributed by atoms with Gasteiger partial charge in [-0.3, -0.25) is 13.9 Å². The van der Waals surface area contributed by atoms with Gasteiger partial charge in [0.05, 0.1) is 22.3 Å². The van der Waals surface area contributed by atoms with E-state index in [1.807, 2.05) is 0 Å². The van der Waals surface area contributed by atoms with E-state index in [1.54, 1.807) is 29.8 Å². The zero-order chi connectivity index (χ0) is 19.9. The number of allylic oxidation sites excluding steroid dienone is 1. The third-order valence-electron chi connectivity index (χ3n) is 4.20. The number of hydrogen-bond acceptors (Lipinski definition) is 3. The molecule has 2 aromatic heterocycles. The van der Waals surface area contributed by atoms with Crippen LogP contribution in [0.3, 0.4) is 0 Å². The molecule has 0 amide bonds. The van der Waals surface area contributed by atoms with Crippen molar-refractivity contribution in [3.05, 3.63) is 71.7 Å². The molecule has 0 aliphatic rings. The SMILES string of the molecule is C=C([NH3+])CCn1c(Br)nc2c1c(=O)n(Cc1ccc(Cl)c(Cl)c1)c(=O)n2C. The monoisotopic (exact) mass is 472 g/mol. The molecular weight excluding hydrogens is 457 g/mol. The van der Waals surface area contributed by atoms with Crippen LogP contribution in [-0.2, 0) is 20.1 Å². The minimum atomic E-state index is -0.461. The average molecular weight is 474 g/mol. The number of halogens is 3. The fraction of sp³-hybridized carbons (Fsp3) is 0.235. The first-order chi connectivity index (χ1) is 12.7. The third kappa shape index (κ3) is 3.75. The van der Waals surface area contributed by atoms with E-state index < -0.39 is 11.2 Å². The molecule has 3 rings (SSSR count). The Morgan fingerprint density at radius 2 is 1.96 bits per heavy atom. The molecule has 27 heavy (non-hydrogen) atoms. The summed E-state index contributed by atoms with van der Waals surface area (Å²) in [4.78, 5) is 30.2. The van der Waals surface area contributed by atoms with Crippen molar-refractivity contribution in [2.24, 2.45) is 7.05 Å². The van der Waals surface area contributed by atoms with E-state index in [0.717, 1.165) is 10.3 Å². The Kier molecular flexibility index (Phi) is 5.62. The number of aromatic nitrogens is 4. The van der Waals surface area contributed by atoms with Crippen LogP contribution in [0.25, 0.3) is 11.2 Å². The summed E-state index contributed by atoms with van der Waals surface area (Å²) < 4.78 is 4.71. The number of quaternary nitrogens is 1. The van der Waals surface area contributed by atoms with Crippen LogP contribution in [0.1, 0.15) is 12.0 Å². The van der Waals surface area contributed by atoms with Crippen LogP contribution >= 0.6 is 39.1 Å². The van der Waals surface area contributed by atoms with Gasteiger partial charge >= 0.3 is 5.69 Å². The highest BCUT2D eigenvalue weighted by atomic mass is 79.9. The van der Waals surface area contributed by atoms with Crippen LogP contribution in [-0.4, -0.2) is 18.7 Å². The second-order valence-electron chi connectivity index (χ2n) is 6.19. The van der Waals surface area contributed by atoms with Crippen LogP contribution in [0, 0.1) is 0 Å². The van der Waals surface area contributed by atoms with Gasteiger partial charge in [-0.25, -0.2) is 9.78 Å². The van der Waals surface area contributed by atoms with Gasteiger partial charge in [-0.15, -0.1) is 0 Å². The summed E-state index contributed by atoms with van der Waals surface area (Å²) in [6.07, 6.45) is 0.582. The molecule has 7 nitrogen and oxygen atoms in total. The number of nitrogens with zero attached hydrogens (tertiary/aromatic N) is 4. The molecule has 2 heterocycles. The summed E-state index contributed by atoms with van der Waals surface area (Å²) in [5.74, 6) is 0. The smallest absolute Gasteiger partial charge is 0.329 e. The van der Waals surface area contributed by atoms with Gasteiger partial charge in [-0.2, -0.15) is 0 Å². The fourth-order valence-corrected chi connectivity index (χ4v) is 3.62. The normalized spacial score (nSPS) is 11.3. The maximum absolute atomic E-state index is 13.1. The van der Waals surface area contributed by atoms with Gasteiger partial charge in [0.15, 0.2) is 15.9 Å². The molecule has 142 valence electrons. The summed E-state index contributed by atoms with van der Waals surface area (Å²) in [5, 5.41) is 0.772. The lowest BCUT2D eigenvalue weighted by Crippen LogP contribution is -2.47. The first-order valence-electron chi connectivity index (χ1n) is 8.00. The van der Waals surface area contributed by atoms with Gasteiger partial charge in [0.1, 0.15) is 0 Å². The summed E-state index contributed by atoms with van der Waals surface area (Å²) in [5.41, 5.74) is 4.99. The zero-order valence-corrected chi connectivity index (χ0v) is 17.6. The van der Waals surface area contributed by atoms with Crippen molar-refractivity contribution in [2.45, 2.75) is 19.5 Å². The topological polar surface area (TPSA) is 89.5 Å². The lowest BCUT2D eigenvalue weighted by atomic mass is 10.2. The Morgan fingerprint density at radius 1 is 1.26 bits per heavy atom. The first kappa shape index (κ1) is 19.9. The maximum atomic E-state index is 13.1. The molecule has 0 radical (unpaired) electrons. The van der Waals surface area contributed by atoms with Gasteiger partial charge < -0.3 is 10.3 Å². The minimum absolute atomic E-state index is 0.0726. The standard InChI is InChI=1S/C17H16BrCl2N5O2/c1-9(21)5-6-24-13-14(22-16(24)18)23(2)17(27)25(15(13)26)8-10-3-4-11(19)12(20)7-10/h3-4,7H,1,5-6,8,21H2,2H3/p+1. The van der Waals surface area contributed by atoms with Crippen LogP contribution < -0.4 is 17.0 Å².